The van der Waals surface area contributed by atoms with Gasteiger partial charge in [0.25, 0.3) is 0 Å². The molecule has 0 aliphatic heterocycles. The molecule has 2 heterocycles. The fourth-order valence-corrected chi connectivity index (χ4v) is 2.47. The van der Waals surface area contributed by atoms with E-state index in [4.69, 9.17) is 4.42 Å². The molecular weight excluding hydrogens is 321 g/mol. The Kier molecular flexibility index (Phi) is 3.79. The number of hydrogen-bond donors (Lipinski definition) is 1. The largest absolute Gasteiger partial charge is 0.503 e. The van der Waals surface area contributed by atoms with Crippen LogP contribution in [0.3, 0.4) is 0 Å². The Hall–Kier alpha value is -2.83. The second-order valence-electron chi connectivity index (χ2n) is 5.50. The Bertz CT molecular complexity index is 849. The highest BCUT2D eigenvalue weighted by atomic mass is 19.4. The lowest BCUT2D eigenvalue weighted by molar-refractivity contribution is -0.137. The minimum absolute atomic E-state index is 0.149. The van der Waals surface area contributed by atoms with E-state index >= 15 is 0 Å². The molecule has 126 valence electrons. The first-order valence-electron chi connectivity index (χ1n) is 7.13. The number of aromatic nitrogens is 1. The molecule has 1 aromatic carbocycles. The van der Waals surface area contributed by atoms with Gasteiger partial charge in [-0.05, 0) is 29.8 Å². The van der Waals surface area contributed by atoms with Crippen LogP contribution in [0.5, 0.6) is 5.75 Å². The molecule has 3 aromatic rings. The summed E-state index contributed by atoms with van der Waals surface area (Å²) >= 11 is 0. The van der Waals surface area contributed by atoms with Crippen molar-refractivity contribution in [2.75, 3.05) is 19.0 Å². The summed E-state index contributed by atoms with van der Waals surface area (Å²) in [5.41, 5.74) is -0.337. The third-order valence-corrected chi connectivity index (χ3v) is 3.57. The zero-order chi connectivity index (χ0) is 17.5. The molecule has 0 amide bonds. The summed E-state index contributed by atoms with van der Waals surface area (Å²) < 4.78 is 46.2. The Morgan fingerprint density at radius 3 is 2.33 bits per heavy atom. The SMILES string of the molecule is CN(C)c1oc(-n2cccc2)c(O)c1-c1cccc(C(F)(F)F)c1. The monoisotopic (exact) mass is 336 g/mol. The number of aromatic hydroxyl groups is 1. The first-order chi connectivity index (χ1) is 11.3. The molecule has 0 fully saturated rings. The van der Waals surface area contributed by atoms with Crippen LogP contribution < -0.4 is 4.90 Å². The number of hydrogen-bond acceptors (Lipinski definition) is 3. The summed E-state index contributed by atoms with van der Waals surface area (Å²) in [6.45, 7) is 0. The molecule has 7 heteroatoms. The summed E-state index contributed by atoms with van der Waals surface area (Å²) in [5, 5.41) is 10.6. The molecule has 4 nitrogen and oxygen atoms in total. The molecule has 0 spiro atoms. The first kappa shape index (κ1) is 16.0. The third-order valence-electron chi connectivity index (χ3n) is 3.57. The van der Waals surface area contributed by atoms with Crippen LogP contribution in [0.15, 0.2) is 53.2 Å². The van der Waals surface area contributed by atoms with Gasteiger partial charge in [-0.2, -0.15) is 13.2 Å². The van der Waals surface area contributed by atoms with Gasteiger partial charge in [0.15, 0.2) is 5.75 Å². The van der Waals surface area contributed by atoms with Gasteiger partial charge in [-0.15, -0.1) is 0 Å². The van der Waals surface area contributed by atoms with Crippen molar-refractivity contribution >= 4 is 5.88 Å². The lowest BCUT2D eigenvalue weighted by atomic mass is 10.0. The number of halogens is 3. The van der Waals surface area contributed by atoms with Crippen molar-refractivity contribution < 1.29 is 22.7 Å². The third kappa shape index (κ3) is 2.73. The van der Waals surface area contributed by atoms with Crippen molar-refractivity contribution in [1.82, 2.24) is 4.57 Å². The van der Waals surface area contributed by atoms with E-state index < -0.39 is 11.7 Å². The molecule has 0 aliphatic carbocycles. The molecule has 0 saturated carbocycles. The molecule has 0 aliphatic rings. The molecule has 0 atom stereocenters. The van der Waals surface area contributed by atoms with Gasteiger partial charge in [0.05, 0.1) is 11.1 Å². The maximum atomic E-state index is 13.0. The minimum Gasteiger partial charge on any atom is -0.503 e. The lowest BCUT2D eigenvalue weighted by Crippen LogP contribution is -2.09. The van der Waals surface area contributed by atoms with Gasteiger partial charge < -0.3 is 14.4 Å². The second-order valence-corrected chi connectivity index (χ2v) is 5.50. The van der Waals surface area contributed by atoms with Crippen molar-refractivity contribution in [3.63, 3.8) is 0 Å². The van der Waals surface area contributed by atoms with E-state index in [1.54, 1.807) is 48.1 Å². The smallest absolute Gasteiger partial charge is 0.416 e. The summed E-state index contributed by atoms with van der Waals surface area (Å²) in [4.78, 5) is 1.60. The number of anilines is 1. The van der Waals surface area contributed by atoms with Crippen LogP contribution in [0.2, 0.25) is 0 Å². The maximum absolute atomic E-state index is 13.0. The van der Waals surface area contributed by atoms with Crippen LogP contribution in [-0.2, 0) is 6.18 Å². The van der Waals surface area contributed by atoms with E-state index in [1.807, 2.05) is 0 Å². The Balaban J connectivity index is 2.21. The highest BCUT2D eigenvalue weighted by molar-refractivity contribution is 5.84. The summed E-state index contributed by atoms with van der Waals surface area (Å²) in [5.74, 6) is 0.209. The van der Waals surface area contributed by atoms with E-state index in [2.05, 4.69) is 0 Å². The van der Waals surface area contributed by atoms with Gasteiger partial charge in [-0.25, -0.2) is 0 Å². The molecule has 0 unspecified atom stereocenters. The van der Waals surface area contributed by atoms with Crippen LogP contribution in [0.25, 0.3) is 17.0 Å². The van der Waals surface area contributed by atoms with Crippen LogP contribution in [0.1, 0.15) is 5.56 Å². The van der Waals surface area contributed by atoms with Gasteiger partial charge in [-0.1, -0.05) is 12.1 Å². The minimum atomic E-state index is -4.46. The second kappa shape index (κ2) is 5.67. The molecule has 0 bridgehead atoms. The average Bonchev–Trinajstić information content (AvgIpc) is 3.13. The van der Waals surface area contributed by atoms with E-state index in [9.17, 15) is 18.3 Å². The summed E-state index contributed by atoms with van der Waals surface area (Å²) in [6, 6.07) is 8.30. The molecule has 1 N–H and O–H groups in total. The average molecular weight is 336 g/mol. The zero-order valence-electron chi connectivity index (χ0n) is 13.0. The quantitative estimate of drug-likeness (QED) is 0.764. The number of benzene rings is 1. The predicted molar refractivity (Wildman–Crippen MR) is 84.5 cm³/mol. The van der Waals surface area contributed by atoms with Crippen molar-refractivity contribution in [1.29, 1.82) is 0 Å². The molecule has 0 radical (unpaired) electrons. The molecule has 24 heavy (non-hydrogen) atoms. The first-order valence-corrected chi connectivity index (χ1v) is 7.13. The summed E-state index contributed by atoms with van der Waals surface area (Å²) in [7, 11) is 3.38. The zero-order valence-corrected chi connectivity index (χ0v) is 13.0. The van der Waals surface area contributed by atoms with E-state index in [1.165, 1.54) is 12.1 Å². The Morgan fingerprint density at radius 1 is 1.08 bits per heavy atom. The van der Waals surface area contributed by atoms with E-state index in [0.29, 0.717) is 0 Å². The molecule has 0 saturated heterocycles. The predicted octanol–water partition coefficient (Wildman–Crippen LogP) is 4.53. The normalized spacial score (nSPS) is 11.7. The van der Waals surface area contributed by atoms with Gasteiger partial charge in [0, 0.05) is 26.5 Å². The highest BCUT2D eigenvalue weighted by Crippen LogP contribution is 2.45. The lowest BCUT2D eigenvalue weighted by Gasteiger charge is -2.12. The number of rotatable bonds is 3. The fourth-order valence-electron chi connectivity index (χ4n) is 2.47. The molecule has 2 aromatic heterocycles. The maximum Gasteiger partial charge on any atom is 0.416 e. The van der Waals surface area contributed by atoms with Crippen molar-refractivity contribution in [2.45, 2.75) is 6.18 Å². The van der Waals surface area contributed by atoms with Crippen molar-refractivity contribution in [3.8, 4) is 22.8 Å². The molecular formula is C17H15F3N2O2. The molecule has 3 rings (SSSR count). The summed E-state index contributed by atoms with van der Waals surface area (Å²) in [6.07, 6.45) is -1.11. The van der Waals surface area contributed by atoms with Crippen LogP contribution in [0, 0.1) is 0 Å². The van der Waals surface area contributed by atoms with E-state index in [0.717, 1.165) is 12.1 Å². The Morgan fingerprint density at radius 2 is 1.75 bits per heavy atom. The fraction of sp³-hybridized carbons (Fsp3) is 0.176. The van der Waals surface area contributed by atoms with Crippen LogP contribution in [-0.4, -0.2) is 23.8 Å². The van der Waals surface area contributed by atoms with Gasteiger partial charge in [0.2, 0.25) is 11.8 Å². The standard InChI is InChI=1S/C17H15F3N2O2/c1-21(2)15-13(11-6-5-7-12(10-11)17(18,19)20)14(23)16(24-15)22-8-3-4-9-22/h3-10,23H,1-2H3. The van der Waals surface area contributed by atoms with E-state index in [-0.39, 0.29) is 28.6 Å². The van der Waals surface area contributed by atoms with Gasteiger partial charge in [-0.3, -0.25) is 4.57 Å². The van der Waals surface area contributed by atoms with Crippen molar-refractivity contribution in [2.24, 2.45) is 0 Å². The topological polar surface area (TPSA) is 41.5 Å². The number of nitrogens with zero attached hydrogens (tertiary/aromatic N) is 2. The van der Waals surface area contributed by atoms with Crippen LogP contribution in [0.4, 0.5) is 19.1 Å². The number of furan rings is 1. The van der Waals surface area contributed by atoms with Crippen LogP contribution >= 0.6 is 0 Å². The highest BCUT2D eigenvalue weighted by Gasteiger charge is 2.32. The Labute approximate surface area is 136 Å². The van der Waals surface area contributed by atoms with Gasteiger partial charge >= 0.3 is 6.18 Å². The van der Waals surface area contributed by atoms with Crippen molar-refractivity contribution in [3.05, 3.63) is 54.4 Å². The number of alkyl halides is 3. The van der Waals surface area contributed by atoms with Gasteiger partial charge in [0.1, 0.15) is 0 Å².